The molecule has 17 heavy (non-hydrogen) atoms. The molecule has 1 aromatic rings. The zero-order valence-corrected chi connectivity index (χ0v) is 9.34. The fourth-order valence-electron chi connectivity index (χ4n) is 1.77. The Morgan fingerprint density at radius 3 is 3.00 bits per heavy atom. The van der Waals surface area contributed by atoms with Crippen molar-refractivity contribution in [2.24, 2.45) is 0 Å². The Kier molecular flexibility index (Phi) is 3.10. The predicted molar refractivity (Wildman–Crippen MR) is 56.6 cm³/mol. The molecule has 0 aromatic carbocycles. The Balaban J connectivity index is 2.19. The highest BCUT2D eigenvalue weighted by Crippen LogP contribution is 2.11. The van der Waals surface area contributed by atoms with E-state index >= 15 is 0 Å². The molecule has 0 aliphatic carbocycles. The number of aromatic nitrogens is 1. The van der Waals surface area contributed by atoms with E-state index in [1.54, 1.807) is 6.92 Å². The van der Waals surface area contributed by atoms with Crippen LogP contribution in [0, 0.1) is 6.92 Å². The molecular weight excluding hydrogens is 226 g/mol. The van der Waals surface area contributed by atoms with Gasteiger partial charge < -0.3 is 19.8 Å². The Labute approximate surface area is 97.4 Å². The van der Waals surface area contributed by atoms with E-state index in [1.165, 1.54) is 11.0 Å². The van der Waals surface area contributed by atoms with Gasteiger partial charge in [-0.1, -0.05) is 5.16 Å². The van der Waals surface area contributed by atoms with Gasteiger partial charge in [-0.2, -0.15) is 0 Å². The molecule has 0 bridgehead atoms. The van der Waals surface area contributed by atoms with Gasteiger partial charge in [0.2, 0.25) is 5.76 Å². The minimum absolute atomic E-state index is 0.0793. The van der Waals surface area contributed by atoms with Crippen LogP contribution < -0.4 is 5.32 Å². The Morgan fingerprint density at radius 2 is 2.41 bits per heavy atom. The van der Waals surface area contributed by atoms with Gasteiger partial charge in [0.05, 0.1) is 5.69 Å². The predicted octanol–water partition coefficient (Wildman–Crippen LogP) is -0.518. The van der Waals surface area contributed by atoms with E-state index in [9.17, 15) is 9.59 Å². The van der Waals surface area contributed by atoms with Crippen molar-refractivity contribution in [2.75, 3.05) is 19.6 Å². The van der Waals surface area contributed by atoms with Crippen molar-refractivity contribution >= 4 is 11.9 Å². The fourth-order valence-corrected chi connectivity index (χ4v) is 1.77. The minimum atomic E-state index is -1.03. The summed E-state index contributed by atoms with van der Waals surface area (Å²) >= 11 is 0. The topological polar surface area (TPSA) is 95.7 Å². The van der Waals surface area contributed by atoms with Crippen molar-refractivity contribution in [2.45, 2.75) is 13.0 Å². The number of nitrogens with zero attached hydrogens (tertiary/aromatic N) is 2. The highest BCUT2D eigenvalue weighted by atomic mass is 16.5. The van der Waals surface area contributed by atoms with E-state index in [2.05, 4.69) is 10.5 Å². The number of aliphatic carboxylic acids is 1. The maximum absolute atomic E-state index is 12.0. The average Bonchev–Trinajstić information content (AvgIpc) is 2.75. The van der Waals surface area contributed by atoms with Crippen LogP contribution in [0.15, 0.2) is 10.6 Å². The van der Waals surface area contributed by atoms with Crippen LogP contribution in [0.1, 0.15) is 16.2 Å². The summed E-state index contributed by atoms with van der Waals surface area (Å²) in [5.74, 6) is -1.38. The van der Waals surface area contributed by atoms with Crippen molar-refractivity contribution in [1.29, 1.82) is 0 Å². The van der Waals surface area contributed by atoms with Crippen molar-refractivity contribution < 1.29 is 19.2 Å². The van der Waals surface area contributed by atoms with Gasteiger partial charge in [0.25, 0.3) is 5.91 Å². The van der Waals surface area contributed by atoms with Crippen LogP contribution in [-0.4, -0.2) is 52.7 Å². The molecule has 2 N–H and O–H groups in total. The fraction of sp³-hybridized carbons (Fsp3) is 0.500. The van der Waals surface area contributed by atoms with Crippen molar-refractivity contribution in [3.05, 3.63) is 17.5 Å². The molecule has 1 aliphatic heterocycles. The zero-order chi connectivity index (χ0) is 12.4. The second-order valence-electron chi connectivity index (χ2n) is 3.89. The lowest BCUT2D eigenvalue weighted by molar-refractivity contribution is -0.142. The van der Waals surface area contributed by atoms with Gasteiger partial charge >= 0.3 is 5.97 Å². The number of carboxylic acid groups (broad SMARTS) is 1. The average molecular weight is 239 g/mol. The van der Waals surface area contributed by atoms with E-state index in [0.717, 1.165) is 0 Å². The third kappa shape index (κ3) is 2.28. The molecule has 7 heteroatoms. The van der Waals surface area contributed by atoms with Gasteiger partial charge in [0.15, 0.2) is 0 Å². The number of nitrogens with one attached hydrogen (secondary N) is 1. The molecule has 2 heterocycles. The largest absolute Gasteiger partial charge is 0.480 e. The monoisotopic (exact) mass is 239 g/mol. The molecule has 1 aromatic heterocycles. The molecule has 1 unspecified atom stereocenters. The van der Waals surface area contributed by atoms with Crippen LogP contribution in [0.25, 0.3) is 0 Å². The smallest absolute Gasteiger partial charge is 0.327 e. The lowest BCUT2D eigenvalue weighted by Crippen LogP contribution is -2.56. The van der Waals surface area contributed by atoms with Crippen LogP contribution in [0.4, 0.5) is 0 Å². The molecule has 1 fully saturated rings. The summed E-state index contributed by atoms with van der Waals surface area (Å²) in [6.45, 7) is 2.86. The number of carbonyl (C=O) groups excluding carboxylic acids is 1. The number of hydrogen-bond donors (Lipinski definition) is 2. The third-order valence-electron chi connectivity index (χ3n) is 2.63. The molecule has 1 aliphatic rings. The van der Waals surface area contributed by atoms with Gasteiger partial charge in [-0.25, -0.2) is 4.79 Å². The Morgan fingerprint density at radius 1 is 1.65 bits per heavy atom. The Hall–Kier alpha value is -1.89. The van der Waals surface area contributed by atoms with Crippen LogP contribution in [0.3, 0.4) is 0 Å². The van der Waals surface area contributed by atoms with Crippen LogP contribution in [-0.2, 0) is 4.79 Å². The van der Waals surface area contributed by atoms with E-state index in [-0.39, 0.29) is 12.3 Å². The second-order valence-corrected chi connectivity index (χ2v) is 3.89. The van der Waals surface area contributed by atoms with Crippen molar-refractivity contribution in [3.63, 3.8) is 0 Å². The molecule has 7 nitrogen and oxygen atoms in total. The van der Waals surface area contributed by atoms with Crippen molar-refractivity contribution in [3.8, 4) is 0 Å². The summed E-state index contributed by atoms with van der Waals surface area (Å²) in [6.07, 6.45) is 0. The summed E-state index contributed by atoms with van der Waals surface area (Å²) in [5.41, 5.74) is 0.593. The maximum atomic E-state index is 12.0. The van der Waals surface area contributed by atoms with Crippen LogP contribution in [0.2, 0.25) is 0 Å². The first kappa shape index (κ1) is 11.6. The second kappa shape index (κ2) is 4.54. The SMILES string of the molecule is Cc1cc(C(=O)N2CCNCC2C(=O)O)on1. The molecule has 1 amide bonds. The van der Waals surface area contributed by atoms with Gasteiger partial charge in [-0.05, 0) is 6.92 Å². The zero-order valence-electron chi connectivity index (χ0n) is 9.34. The number of rotatable bonds is 2. The first-order chi connectivity index (χ1) is 8.09. The number of carbonyl (C=O) groups is 2. The molecule has 1 saturated heterocycles. The number of amides is 1. The number of hydrogen-bond acceptors (Lipinski definition) is 5. The summed E-state index contributed by atoms with van der Waals surface area (Å²) in [4.78, 5) is 24.3. The number of piperazine rings is 1. The van der Waals surface area contributed by atoms with Crippen LogP contribution in [0.5, 0.6) is 0 Å². The summed E-state index contributed by atoms with van der Waals surface area (Å²) in [5, 5.41) is 15.6. The van der Waals surface area contributed by atoms with E-state index in [1.807, 2.05) is 0 Å². The van der Waals surface area contributed by atoms with Gasteiger partial charge in [-0.3, -0.25) is 4.79 Å². The van der Waals surface area contributed by atoms with E-state index in [4.69, 9.17) is 9.63 Å². The summed E-state index contributed by atoms with van der Waals surface area (Å²) in [6, 6.07) is 0.644. The summed E-state index contributed by atoms with van der Waals surface area (Å²) < 4.78 is 4.85. The Bertz CT molecular complexity index is 443. The van der Waals surface area contributed by atoms with Gasteiger partial charge in [-0.15, -0.1) is 0 Å². The number of carboxylic acids is 1. The molecule has 0 saturated carbocycles. The quantitative estimate of drug-likeness (QED) is 0.721. The number of aryl methyl sites for hydroxylation is 1. The normalized spacial score (nSPS) is 20.3. The highest BCUT2D eigenvalue weighted by molar-refractivity contribution is 5.94. The lowest BCUT2D eigenvalue weighted by atomic mass is 10.2. The molecule has 2 rings (SSSR count). The van der Waals surface area contributed by atoms with Crippen LogP contribution >= 0.6 is 0 Å². The molecule has 0 spiro atoms. The molecule has 0 radical (unpaired) electrons. The maximum Gasteiger partial charge on any atom is 0.327 e. The van der Waals surface area contributed by atoms with Gasteiger partial charge in [0.1, 0.15) is 6.04 Å². The first-order valence-electron chi connectivity index (χ1n) is 5.27. The van der Waals surface area contributed by atoms with E-state index < -0.39 is 17.9 Å². The molecule has 1 atom stereocenters. The molecular formula is C10H13N3O4. The third-order valence-corrected chi connectivity index (χ3v) is 2.63. The van der Waals surface area contributed by atoms with E-state index in [0.29, 0.717) is 18.8 Å². The minimum Gasteiger partial charge on any atom is -0.480 e. The molecule has 92 valence electrons. The van der Waals surface area contributed by atoms with Gasteiger partial charge in [0, 0.05) is 25.7 Å². The highest BCUT2D eigenvalue weighted by Gasteiger charge is 2.33. The summed E-state index contributed by atoms with van der Waals surface area (Å²) in [7, 11) is 0. The first-order valence-corrected chi connectivity index (χ1v) is 5.27. The van der Waals surface area contributed by atoms with Crippen molar-refractivity contribution in [1.82, 2.24) is 15.4 Å². The standard InChI is InChI=1S/C10H13N3O4/c1-6-4-8(17-12-6)9(14)13-3-2-11-5-7(13)10(15)16/h4,7,11H,2-3,5H2,1H3,(H,15,16). The lowest BCUT2D eigenvalue weighted by Gasteiger charge is -2.32.